The first kappa shape index (κ1) is 27.8. The van der Waals surface area contributed by atoms with Crippen molar-refractivity contribution < 1.29 is 0 Å². The Morgan fingerprint density at radius 3 is 1.51 bits per heavy atom. The summed E-state index contributed by atoms with van der Waals surface area (Å²) in [5, 5.41) is 7.73. The highest BCUT2D eigenvalue weighted by Crippen LogP contribution is 2.58. The lowest BCUT2D eigenvalue weighted by Gasteiger charge is -2.42. The van der Waals surface area contributed by atoms with Gasteiger partial charge in [-0.1, -0.05) is 194 Å². The standard InChI is InChI=1S/C49H32/c1-3-17-36(18-4-1)49(37-19-5-2-6-20-37)44-27-12-11-24-42(44)47-41-23-10-9-22-40(41)46(43-26-14-28-45(49)48(43)47)35-31-29-34(30-32-35)39-25-13-16-33-15-7-8-21-38(33)39/h1-32H. The van der Waals surface area contributed by atoms with Gasteiger partial charge < -0.3 is 0 Å². The normalized spacial score (nSPS) is 13.1. The summed E-state index contributed by atoms with van der Waals surface area (Å²) in [7, 11) is 0. The lowest BCUT2D eigenvalue weighted by atomic mass is 9.59. The predicted molar refractivity (Wildman–Crippen MR) is 207 cm³/mol. The van der Waals surface area contributed by atoms with E-state index in [4.69, 9.17) is 0 Å². The summed E-state index contributed by atoms with van der Waals surface area (Å²) in [6, 6.07) is 71.8. The lowest BCUT2D eigenvalue weighted by Crippen LogP contribution is -2.33. The van der Waals surface area contributed by atoms with Crippen molar-refractivity contribution in [1.29, 1.82) is 0 Å². The highest BCUT2D eigenvalue weighted by Gasteiger charge is 2.44. The van der Waals surface area contributed by atoms with E-state index in [0.717, 1.165) is 0 Å². The van der Waals surface area contributed by atoms with E-state index in [1.165, 1.54) is 88.0 Å². The molecule has 0 spiro atoms. The Balaban J connectivity index is 1.31. The van der Waals surface area contributed by atoms with Crippen LogP contribution in [0.3, 0.4) is 0 Å². The Labute approximate surface area is 286 Å². The largest absolute Gasteiger partial charge is 0.0713 e. The van der Waals surface area contributed by atoms with Gasteiger partial charge in [-0.15, -0.1) is 0 Å². The van der Waals surface area contributed by atoms with Gasteiger partial charge in [0, 0.05) is 0 Å². The minimum Gasteiger partial charge on any atom is -0.0622 e. The zero-order valence-corrected chi connectivity index (χ0v) is 27.0. The third-order valence-electron chi connectivity index (χ3n) is 10.7. The van der Waals surface area contributed by atoms with Crippen LogP contribution in [0.15, 0.2) is 194 Å². The van der Waals surface area contributed by atoms with Crippen LogP contribution in [-0.2, 0) is 5.41 Å². The van der Waals surface area contributed by atoms with E-state index in [1.54, 1.807) is 0 Å². The van der Waals surface area contributed by atoms with Crippen LogP contribution in [0.1, 0.15) is 22.3 Å². The molecule has 9 aromatic rings. The van der Waals surface area contributed by atoms with Gasteiger partial charge in [-0.25, -0.2) is 0 Å². The minimum absolute atomic E-state index is 0.483. The molecule has 0 bridgehead atoms. The molecule has 49 heavy (non-hydrogen) atoms. The van der Waals surface area contributed by atoms with Crippen molar-refractivity contribution in [1.82, 2.24) is 0 Å². The van der Waals surface area contributed by atoms with E-state index in [9.17, 15) is 0 Å². The fourth-order valence-electron chi connectivity index (χ4n) is 8.76. The SMILES string of the molecule is c1ccc(C2(c3ccccc3)c3ccccc3-c3c4ccccc4c(-c4ccc(-c5cccc6ccccc56)cc4)c4cccc2c34)cc1. The number of hydrogen-bond donors (Lipinski definition) is 0. The third kappa shape index (κ3) is 3.98. The first-order valence-corrected chi connectivity index (χ1v) is 17.1. The van der Waals surface area contributed by atoms with Crippen molar-refractivity contribution in [2.75, 3.05) is 0 Å². The van der Waals surface area contributed by atoms with Crippen molar-refractivity contribution >= 4 is 32.3 Å². The van der Waals surface area contributed by atoms with Gasteiger partial charge in [0.2, 0.25) is 0 Å². The molecule has 0 heterocycles. The van der Waals surface area contributed by atoms with Crippen LogP contribution >= 0.6 is 0 Å². The summed E-state index contributed by atoms with van der Waals surface area (Å²) in [5.41, 5.74) is 12.4. The van der Waals surface area contributed by atoms with Gasteiger partial charge in [-0.3, -0.25) is 0 Å². The van der Waals surface area contributed by atoms with E-state index in [-0.39, 0.29) is 0 Å². The summed E-state index contributed by atoms with van der Waals surface area (Å²) in [6.07, 6.45) is 0. The monoisotopic (exact) mass is 620 g/mol. The zero-order valence-electron chi connectivity index (χ0n) is 27.0. The maximum atomic E-state index is 2.38. The Hall–Kier alpha value is -6.24. The highest BCUT2D eigenvalue weighted by molar-refractivity contribution is 6.24. The molecule has 0 unspecified atom stereocenters. The second-order valence-electron chi connectivity index (χ2n) is 13.2. The molecule has 0 heteroatoms. The quantitative estimate of drug-likeness (QED) is 0.172. The molecule has 0 fully saturated rings. The maximum absolute atomic E-state index is 2.38. The molecule has 228 valence electrons. The van der Waals surface area contributed by atoms with Gasteiger partial charge in [-0.2, -0.15) is 0 Å². The van der Waals surface area contributed by atoms with Crippen molar-refractivity contribution in [3.8, 4) is 33.4 Å². The maximum Gasteiger partial charge on any atom is 0.0713 e. The first-order valence-electron chi connectivity index (χ1n) is 17.1. The molecule has 0 saturated heterocycles. The topological polar surface area (TPSA) is 0 Å². The van der Waals surface area contributed by atoms with Gasteiger partial charge in [-0.05, 0) is 88.0 Å². The predicted octanol–water partition coefficient (Wildman–Crippen LogP) is 12.8. The fraction of sp³-hybridized carbons (Fsp3) is 0.0204. The zero-order chi connectivity index (χ0) is 32.4. The molecule has 0 radical (unpaired) electrons. The Bertz CT molecular complexity index is 2640. The van der Waals surface area contributed by atoms with Crippen molar-refractivity contribution in [2.24, 2.45) is 0 Å². The molecule has 0 atom stereocenters. The van der Waals surface area contributed by atoms with Crippen molar-refractivity contribution in [2.45, 2.75) is 5.41 Å². The van der Waals surface area contributed by atoms with E-state index in [1.807, 2.05) is 0 Å². The third-order valence-corrected chi connectivity index (χ3v) is 10.7. The molecule has 10 rings (SSSR count). The molecule has 0 amide bonds. The molecule has 0 aliphatic heterocycles. The van der Waals surface area contributed by atoms with Crippen LogP contribution in [0, 0.1) is 0 Å². The molecule has 0 aromatic heterocycles. The molecule has 0 saturated carbocycles. The van der Waals surface area contributed by atoms with Gasteiger partial charge >= 0.3 is 0 Å². The van der Waals surface area contributed by atoms with E-state index >= 15 is 0 Å². The molecular formula is C49H32. The number of rotatable bonds is 4. The van der Waals surface area contributed by atoms with Gasteiger partial charge in [0.05, 0.1) is 5.41 Å². The summed E-state index contributed by atoms with van der Waals surface area (Å²) in [6.45, 7) is 0. The van der Waals surface area contributed by atoms with Crippen LogP contribution in [0.5, 0.6) is 0 Å². The Morgan fingerprint density at radius 2 is 0.776 bits per heavy atom. The average molecular weight is 621 g/mol. The Morgan fingerprint density at radius 1 is 0.286 bits per heavy atom. The smallest absolute Gasteiger partial charge is 0.0622 e. The molecule has 0 nitrogen and oxygen atoms in total. The molecular weight excluding hydrogens is 589 g/mol. The minimum atomic E-state index is -0.483. The summed E-state index contributed by atoms with van der Waals surface area (Å²) in [4.78, 5) is 0. The van der Waals surface area contributed by atoms with Crippen molar-refractivity contribution in [3.63, 3.8) is 0 Å². The molecule has 1 aliphatic rings. The van der Waals surface area contributed by atoms with Gasteiger partial charge in [0.15, 0.2) is 0 Å². The molecule has 0 N–H and O–H groups in total. The highest BCUT2D eigenvalue weighted by atomic mass is 14.5. The van der Waals surface area contributed by atoms with Crippen LogP contribution in [0.2, 0.25) is 0 Å². The van der Waals surface area contributed by atoms with Crippen LogP contribution < -0.4 is 0 Å². The number of benzene rings is 9. The van der Waals surface area contributed by atoms with Gasteiger partial charge in [0.25, 0.3) is 0 Å². The lowest BCUT2D eigenvalue weighted by molar-refractivity contribution is 0.750. The van der Waals surface area contributed by atoms with Crippen LogP contribution in [0.25, 0.3) is 65.7 Å². The summed E-state index contributed by atoms with van der Waals surface area (Å²) >= 11 is 0. The average Bonchev–Trinajstić information content (AvgIpc) is 3.18. The van der Waals surface area contributed by atoms with Crippen LogP contribution in [0.4, 0.5) is 0 Å². The summed E-state index contributed by atoms with van der Waals surface area (Å²) < 4.78 is 0. The Kier molecular flexibility index (Phi) is 6.19. The number of hydrogen-bond acceptors (Lipinski definition) is 0. The molecule has 1 aliphatic carbocycles. The number of fused-ring (bicyclic) bond motifs is 5. The van der Waals surface area contributed by atoms with E-state index in [0.29, 0.717) is 0 Å². The first-order chi connectivity index (χ1) is 24.3. The van der Waals surface area contributed by atoms with E-state index in [2.05, 4.69) is 194 Å². The van der Waals surface area contributed by atoms with E-state index < -0.39 is 5.41 Å². The fourth-order valence-corrected chi connectivity index (χ4v) is 8.76. The van der Waals surface area contributed by atoms with Gasteiger partial charge in [0.1, 0.15) is 0 Å². The molecule has 9 aromatic carbocycles. The van der Waals surface area contributed by atoms with Crippen LogP contribution in [-0.4, -0.2) is 0 Å². The second kappa shape index (κ2) is 10.9. The summed E-state index contributed by atoms with van der Waals surface area (Å²) in [5.74, 6) is 0. The van der Waals surface area contributed by atoms with Crippen molar-refractivity contribution in [3.05, 3.63) is 216 Å². The second-order valence-corrected chi connectivity index (χ2v) is 13.2.